The van der Waals surface area contributed by atoms with Crippen LogP contribution < -0.4 is 5.32 Å². The molecule has 9 heteroatoms. The van der Waals surface area contributed by atoms with Crippen molar-refractivity contribution in [2.24, 2.45) is 0 Å². The molecule has 2 aliphatic rings. The van der Waals surface area contributed by atoms with Crippen molar-refractivity contribution in [1.29, 1.82) is 0 Å². The topological polar surface area (TPSA) is 52.7 Å². The number of nitrogens with one attached hydrogen (secondary N) is 1. The fourth-order valence-electron chi connectivity index (χ4n) is 3.24. The van der Waals surface area contributed by atoms with Gasteiger partial charge in [0, 0.05) is 45.3 Å². The molecular weight excluding hydrogens is 376 g/mol. The predicted molar refractivity (Wildman–Crippen MR) is 95.7 cm³/mol. The second kappa shape index (κ2) is 8.29. The molecule has 0 spiro atoms. The first-order valence-corrected chi connectivity index (χ1v) is 9.81. The van der Waals surface area contributed by atoms with E-state index in [0.29, 0.717) is 24.7 Å². The summed E-state index contributed by atoms with van der Waals surface area (Å²) in [6.07, 6.45) is 0.864. The average Bonchev–Trinajstić information content (AvgIpc) is 3.02. The first-order chi connectivity index (χ1) is 11.0. The van der Waals surface area contributed by atoms with Gasteiger partial charge in [0.1, 0.15) is 5.82 Å². The Morgan fingerprint density at radius 3 is 2.62 bits per heavy atom. The zero-order valence-electron chi connectivity index (χ0n) is 13.2. The highest BCUT2D eigenvalue weighted by atomic mass is 35.5. The van der Waals surface area contributed by atoms with Crippen LogP contribution in [0.15, 0.2) is 18.2 Å². The molecule has 0 aromatic heterocycles. The van der Waals surface area contributed by atoms with Crippen molar-refractivity contribution in [3.63, 3.8) is 0 Å². The van der Waals surface area contributed by atoms with E-state index in [1.54, 1.807) is 4.31 Å². The van der Waals surface area contributed by atoms with Crippen molar-refractivity contribution in [1.82, 2.24) is 14.5 Å². The van der Waals surface area contributed by atoms with Crippen molar-refractivity contribution in [2.75, 3.05) is 39.3 Å². The molecule has 1 unspecified atom stereocenters. The van der Waals surface area contributed by atoms with Crippen molar-refractivity contribution in [3.05, 3.63) is 34.6 Å². The number of rotatable bonds is 4. The van der Waals surface area contributed by atoms with E-state index in [0.717, 1.165) is 32.6 Å². The molecule has 1 aromatic rings. The van der Waals surface area contributed by atoms with Gasteiger partial charge in [-0.3, -0.25) is 4.90 Å². The molecule has 0 bridgehead atoms. The average molecular weight is 398 g/mol. The van der Waals surface area contributed by atoms with E-state index in [-0.39, 0.29) is 23.2 Å². The second-order valence-corrected chi connectivity index (χ2v) is 8.47. The highest BCUT2D eigenvalue weighted by Gasteiger charge is 2.34. The van der Waals surface area contributed by atoms with Gasteiger partial charge in [0.05, 0.1) is 10.8 Å². The molecular formula is C15H22Cl2FN3O2S. The quantitative estimate of drug-likeness (QED) is 0.839. The van der Waals surface area contributed by atoms with Gasteiger partial charge < -0.3 is 5.32 Å². The van der Waals surface area contributed by atoms with Gasteiger partial charge in [0.25, 0.3) is 0 Å². The number of sulfonamides is 1. The highest BCUT2D eigenvalue weighted by molar-refractivity contribution is 7.88. The smallest absolute Gasteiger partial charge is 0.218 e. The molecule has 0 radical (unpaired) electrons. The summed E-state index contributed by atoms with van der Waals surface area (Å²) in [6, 6.07) is 4.37. The largest absolute Gasteiger partial charge is 0.314 e. The van der Waals surface area contributed by atoms with Gasteiger partial charge >= 0.3 is 0 Å². The molecule has 1 aromatic carbocycles. The minimum absolute atomic E-state index is 0. The van der Waals surface area contributed by atoms with Crippen molar-refractivity contribution in [2.45, 2.75) is 18.2 Å². The standard InChI is InChI=1S/C15H21ClFN3O2S.ClH/c16-14-9-12(1-2-15(14)17)11-23(21,22)20-6-3-13(10-20)19-7-4-18-5-8-19;/h1-2,9,13,18H,3-8,10-11H2;1H. The SMILES string of the molecule is Cl.O=S(=O)(Cc1ccc(F)c(Cl)c1)N1CCC(N2CCNCC2)C1. The molecule has 0 amide bonds. The van der Waals surface area contributed by atoms with Crippen molar-refractivity contribution >= 4 is 34.0 Å². The summed E-state index contributed by atoms with van der Waals surface area (Å²) >= 11 is 5.73. The van der Waals surface area contributed by atoms with E-state index in [1.165, 1.54) is 18.2 Å². The van der Waals surface area contributed by atoms with Crippen LogP contribution in [0, 0.1) is 5.82 Å². The third kappa shape index (κ3) is 4.59. The van der Waals surface area contributed by atoms with Crippen LogP contribution in [0.5, 0.6) is 0 Å². The van der Waals surface area contributed by atoms with E-state index in [1.807, 2.05) is 0 Å². The number of halogens is 3. The summed E-state index contributed by atoms with van der Waals surface area (Å²) in [5.74, 6) is -0.672. The molecule has 24 heavy (non-hydrogen) atoms. The van der Waals surface area contributed by atoms with Crippen LogP contribution in [0.4, 0.5) is 4.39 Å². The lowest BCUT2D eigenvalue weighted by Gasteiger charge is -2.32. The molecule has 0 saturated carbocycles. The molecule has 2 fully saturated rings. The Balaban J connectivity index is 0.00000208. The molecule has 1 N–H and O–H groups in total. The van der Waals surface area contributed by atoms with E-state index in [9.17, 15) is 12.8 Å². The molecule has 136 valence electrons. The Morgan fingerprint density at radius 1 is 1.25 bits per heavy atom. The highest BCUT2D eigenvalue weighted by Crippen LogP contribution is 2.23. The minimum Gasteiger partial charge on any atom is -0.314 e. The van der Waals surface area contributed by atoms with Gasteiger partial charge in [0.15, 0.2) is 0 Å². The van der Waals surface area contributed by atoms with Gasteiger partial charge in [-0.2, -0.15) is 0 Å². The molecule has 1 atom stereocenters. The number of hydrogen-bond donors (Lipinski definition) is 1. The molecule has 5 nitrogen and oxygen atoms in total. The number of nitrogens with zero attached hydrogens (tertiary/aromatic N) is 2. The van der Waals surface area contributed by atoms with E-state index in [4.69, 9.17) is 11.6 Å². The number of benzene rings is 1. The molecule has 3 rings (SSSR count). The monoisotopic (exact) mass is 397 g/mol. The van der Waals surface area contributed by atoms with Crippen LogP contribution in [-0.2, 0) is 15.8 Å². The Bertz CT molecular complexity index is 669. The lowest BCUT2D eigenvalue weighted by Crippen LogP contribution is -2.49. The first kappa shape index (κ1) is 19.9. The molecule has 2 heterocycles. The second-order valence-electron chi connectivity index (χ2n) is 6.09. The third-order valence-electron chi connectivity index (χ3n) is 4.52. The van der Waals surface area contributed by atoms with Gasteiger partial charge in [-0.25, -0.2) is 17.1 Å². The number of piperazine rings is 1. The Morgan fingerprint density at radius 2 is 1.96 bits per heavy atom. The maximum Gasteiger partial charge on any atom is 0.218 e. The van der Waals surface area contributed by atoms with E-state index < -0.39 is 15.8 Å². The van der Waals surface area contributed by atoms with Crippen LogP contribution in [-0.4, -0.2) is 62.9 Å². The van der Waals surface area contributed by atoms with Gasteiger partial charge in [0.2, 0.25) is 10.0 Å². The Labute approximate surface area is 153 Å². The third-order valence-corrected chi connectivity index (χ3v) is 6.63. The molecule has 2 saturated heterocycles. The lowest BCUT2D eigenvalue weighted by atomic mass is 10.2. The van der Waals surface area contributed by atoms with Crippen LogP contribution in [0.25, 0.3) is 0 Å². The van der Waals surface area contributed by atoms with Crippen LogP contribution >= 0.6 is 24.0 Å². The Hall–Kier alpha value is -0.440. The summed E-state index contributed by atoms with van der Waals surface area (Å²) in [4.78, 5) is 2.36. The molecule has 2 aliphatic heterocycles. The normalized spacial score (nSPS) is 23.2. The maximum atomic E-state index is 13.2. The van der Waals surface area contributed by atoms with Gasteiger partial charge in [-0.1, -0.05) is 17.7 Å². The van der Waals surface area contributed by atoms with Crippen LogP contribution in [0.2, 0.25) is 5.02 Å². The zero-order valence-corrected chi connectivity index (χ0v) is 15.6. The lowest BCUT2D eigenvalue weighted by molar-refractivity contribution is 0.179. The van der Waals surface area contributed by atoms with Gasteiger partial charge in [-0.05, 0) is 24.1 Å². The van der Waals surface area contributed by atoms with Gasteiger partial charge in [-0.15, -0.1) is 12.4 Å². The van der Waals surface area contributed by atoms with E-state index in [2.05, 4.69) is 10.2 Å². The summed E-state index contributed by atoms with van der Waals surface area (Å²) in [6.45, 7) is 4.93. The van der Waals surface area contributed by atoms with E-state index >= 15 is 0 Å². The van der Waals surface area contributed by atoms with Crippen molar-refractivity contribution < 1.29 is 12.8 Å². The number of hydrogen-bond acceptors (Lipinski definition) is 4. The maximum absolute atomic E-state index is 13.2. The molecule has 0 aliphatic carbocycles. The summed E-state index contributed by atoms with van der Waals surface area (Å²) in [7, 11) is -3.40. The van der Waals surface area contributed by atoms with Crippen LogP contribution in [0.3, 0.4) is 0 Å². The first-order valence-electron chi connectivity index (χ1n) is 7.82. The van der Waals surface area contributed by atoms with Crippen LogP contribution in [0.1, 0.15) is 12.0 Å². The summed E-state index contributed by atoms with van der Waals surface area (Å²) in [5, 5.41) is 3.26. The summed E-state index contributed by atoms with van der Waals surface area (Å²) < 4.78 is 39.9. The fraction of sp³-hybridized carbons (Fsp3) is 0.600. The summed E-state index contributed by atoms with van der Waals surface area (Å²) in [5.41, 5.74) is 0.516. The minimum atomic E-state index is -3.40. The Kier molecular flexibility index (Phi) is 6.87. The van der Waals surface area contributed by atoms with Crippen molar-refractivity contribution in [3.8, 4) is 0 Å². The predicted octanol–water partition coefficient (Wildman–Crippen LogP) is 1.71. The fourth-order valence-corrected chi connectivity index (χ4v) is 5.01. The zero-order chi connectivity index (χ0) is 16.4.